The maximum Gasteiger partial charge on any atom is 0.143 e. The molecule has 0 bridgehead atoms. The van der Waals surface area contributed by atoms with Crippen LogP contribution in [0.4, 0.5) is 0 Å². The number of furan rings is 1. The van der Waals surface area contributed by atoms with Crippen LogP contribution in [-0.4, -0.2) is 0 Å². The Hall–Kier alpha value is -3.03. The van der Waals surface area contributed by atoms with E-state index < -0.39 is 0 Å². The van der Waals surface area contributed by atoms with Gasteiger partial charge < -0.3 is 4.42 Å². The van der Waals surface area contributed by atoms with E-state index >= 15 is 0 Å². The van der Waals surface area contributed by atoms with Crippen LogP contribution in [-0.2, 0) is 0 Å². The standard InChI is InChI=1S/C24H15ClO/c25-19-9-4-7-17(15-19)16-6-3-8-18(14-16)20-11-5-12-22-21-10-1-2-13-23(21)26-24(20)22/h1-15H. The molecule has 1 nitrogen and oxygen atoms in total. The fourth-order valence-corrected chi connectivity index (χ4v) is 3.70. The van der Waals surface area contributed by atoms with Gasteiger partial charge in [0.15, 0.2) is 0 Å². The Morgan fingerprint density at radius 3 is 2.15 bits per heavy atom. The topological polar surface area (TPSA) is 13.1 Å². The number of benzene rings is 4. The molecule has 0 saturated carbocycles. The molecule has 2 heteroatoms. The molecule has 0 aliphatic carbocycles. The van der Waals surface area contributed by atoms with Gasteiger partial charge in [-0.05, 0) is 41.0 Å². The van der Waals surface area contributed by atoms with Crippen molar-refractivity contribution < 1.29 is 4.42 Å². The molecular formula is C24H15ClO. The molecule has 5 rings (SSSR count). The summed E-state index contributed by atoms with van der Waals surface area (Å²) in [7, 11) is 0. The maximum absolute atomic E-state index is 6.18. The normalized spacial score (nSPS) is 11.3. The molecule has 0 spiro atoms. The fraction of sp³-hybridized carbons (Fsp3) is 0. The number of halogens is 1. The van der Waals surface area contributed by atoms with Gasteiger partial charge in [0.05, 0.1) is 0 Å². The van der Waals surface area contributed by atoms with E-state index in [-0.39, 0.29) is 0 Å². The average Bonchev–Trinajstić information content (AvgIpc) is 3.07. The SMILES string of the molecule is Clc1cccc(-c2cccc(-c3cccc4c3oc3ccccc34)c2)c1. The average molecular weight is 355 g/mol. The zero-order valence-electron chi connectivity index (χ0n) is 13.9. The summed E-state index contributed by atoms with van der Waals surface area (Å²) in [5.74, 6) is 0. The number of hydrogen-bond acceptors (Lipinski definition) is 1. The first kappa shape index (κ1) is 15.2. The molecular weight excluding hydrogens is 340 g/mol. The van der Waals surface area contributed by atoms with E-state index in [1.54, 1.807) is 0 Å². The van der Waals surface area contributed by atoms with Gasteiger partial charge in [0.1, 0.15) is 11.2 Å². The minimum atomic E-state index is 0.743. The van der Waals surface area contributed by atoms with E-state index in [0.717, 1.165) is 49.2 Å². The number of para-hydroxylation sites is 2. The lowest BCUT2D eigenvalue weighted by molar-refractivity contribution is 0.670. The second-order valence-corrected chi connectivity index (χ2v) is 6.81. The van der Waals surface area contributed by atoms with E-state index in [1.165, 1.54) is 0 Å². The molecule has 0 aliphatic heterocycles. The third-order valence-corrected chi connectivity index (χ3v) is 4.97. The van der Waals surface area contributed by atoms with Crippen LogP contribution in [0.2, 0.25) is 5.02 Å². The Bertz CT molecular complexity index is 1250. The van der Waals surface area contributed by atoms with Gasteiger partial charge in [0.25, 0.3) is 0 Å². The van der Waals surface area contributed by atoms with Crippen molar-refractivity contribution in [2.45, 2.75) is 0 Å². The third kappa shape index (κ3) is 2.49. The second-order valence-electron chi connectivity index (χ2n) is 6.37. The van der Waals surface area contributed by atoms with Crippen molar-refractivity contribution in [2.24, 2.45) is 0 Å². The van der Waals surface area contributed by atoms with Gasteiger partial charge in [-0.15, -0.1) is 0 Å². The quantitative estimate of drug-likeness (QED) is 0.318. The molecule has 0 fully saturated rings. The molecule has 0 amide bonds. The van der Waals surface area contributed by atoms with Crippen molar-refractivity contribution >= 4 is 33.5 Å². The molecule has 1 aromatic heterocycles. The minimum absolute atomic E-state index is 0.743. The van der Waals surface area contributed by atoms with Crippen LogP contribution in [0.3, 0.4) is 0 Å². The van der Waals surface area contributed by atoms with Gasteiger partial charge >= 0.3 is 0 Å². The highest BCUT2D eigenvalue weighted by Crippen LogP contribution is 2.36. The molecule has 1 heterocycles. The second kappa shape index (κ2) is 6.05. The van der Waals surface area contributed by atoms with Gasteiger partial charge in [0, 0.05) is 21.4 Å². The molecule has 5 aromatic rings. The van der Waals surface area contributed by atoms with Gasteiger partial charge in [-0.2, -0.15) is 0 Å². The Morgan fingerprint density at radius 2 is 1.27 bits per heavy atom. The van der Waals surface area contributed by atoms with E-state index in [0.29, 0.717) is 0 Å². The lowest BCUT2D eigenvalue weighted by atomic mass is 9.98. The predicted molar refractivity (Wildman–Crippen MR) is 110 cm³/mol. The van der Waals surface area contributed by atoms with Crippen LogP contribution >= 0.6 is 11.6 Å². The molecule has 4 aromatic carbocycles. The van der Waals surface area contributed by atoms with Crippen LogP contribution in [0, 0.1) is 0 Å². The molecule has 0 aliphatic rings. The van der Waals surface area contributed by atoms with Crippen molar-refractivity contribution in [3.05, 3.63) is 96.0 Å². The first-order valence-electron chi connectivity index (χ1n) is 8.56. The summed E-state index contributed by atoms with van der Waals surface area (Å²) in [5.41, 5.74) is 6.32. The summed E-state index contributed by atoms with van der Waals surface area (Å²) in [6.07, 6.45) is 0. The lowest BCUT2D eigenvalue weighted by Crippen LogP contribution is -1.82. The number of hydrogen-bond donors (Lipinski definition) is 0. The van der Waals surface area contributed by atoms with Gasteiger partial charge in [0.2, 0.25) is 0 Å². The largest absolute Gasteiger partial charge is 0.455 e. The molecule has 0 atom stereocenters. The smallest absolute Gasteiger partial charge is 0.143 e. The highest BCUT2D eigenvalue weighted by Gasteiger charge is 2.12. The number of rotatable bonds is 2. The molecule has 26 heavy (non-hydrogen) atoms. The highest BCUT2D eigenvalue weighted by molar-refractivity contribution is 6.30. The summed E-state index contributed by atoms with van der Waals surface area (Å²) >= 11 is 6.16. The van der Waals surface area contributed by atoms with Crippen LogP contribution < -0.4 is 0 Å². The van der Waals surface area contributed by atoms with Crippen molar-refractivity contribution in [2.75, 3.05) is 0 Å². The summed E-state index contributed by atoms with van der Waals surface area (Å²) in [5, 5.41) is 3.04. The van der Waals surface area contributed by atoms with Crippen LogP contribution in [0.15, 0.2) is 95.4 Å². The maximum atomic E-state index is 6.18. The summed E-state index contributed by atoms with van der Waals surface area (Å²) in [4.78, 5) is 0. The molecule has 0 saturated heterocycles. The van der Waals surface area contributed by atoms with Gasteiger partial charge in [-0.3, -0.25) is 0 Å². The van der Waals surface area contributed by atoms with Gasteiger partial charge in [-0.25, -0.2) is 0 Å². The van der Waals surface area contributed by atoms with E-state index in [1.807, 2.05) is 36.4 Å². The van der Waals surface area contributed by atoms with E-state index in [9.17, 15) is 0 Å². The third-order valence-electron chi connectivity index (χ3n) is 4.74. The fourth-order valence-electron chi connectivity index (χ4n) is 3.51. The Labute approximate surface area is 156 Å². The summed E-state index contributed by atoms with van der Waals surface area (Å²) < 4.78 is 6.18. The zero-order chi connectivity index (χ0) is 17.5. The first-order valence-corrected chi connectivity index (χ1v) is 8.94. The van der Waals surface area contributed by atoms with Crippen molar-refractivity contribution in [1.29, 1.82) is 0 Å². The highest BCUT2D eigenvalue weighted by atomic mass is 35.5. The van der Waals surface area contributed by atoms with Crippen LogP contribution in [0.5, 0.6) is 0 Å². The minimum Gasteiger partial charge on any atom is -0.455 e. The predicted octanol–water partition coefficient (Wildman–Crippen LogP) is 7.57. The van der Waals surface area contributed by atoms with E-state index in [4.69, 9.17) is 16.0 Å². The Balaban J connectivity index is 1.72. The number of fused-ring (bicyclic) bond motifs is 3. The van der Waals surface area contributed by atoms with Crippen molar-refractivity contribution in [3.63, 3.8) is 0 Å². The summed E-state index contributed by atoms with van der Waals surface area (Å²) in [6.45, 7) is 0. The molecule has 0 N–H and O–H groups in total. The van der Waals surface area contributed by atoms with Crippen LogP contribution in [0.1, 0.15) is 0 Å². The van der Waals surface area contributed by atoms with Crippen molar-refractivity contribution in [1.82, 2.24) is 0 Å². The van der Waals surface area contributed by atoms with Crippen LogP contribution in [0.25, 0.3) is 44.2 Å². The zero-order valence-corrected chi connectivity index (χ0v) is 14.7. The van der Waals surface area contributed by atoms with E-state index in [2.05, 4.69) is 54.6 Å². The lowest BCUT2D eigenvalue weighted by Gasteiger charge is -2.07. The Kier molecular flexibility index (Phi) is 3.55. The molecule has 0 radical (unpaired) electrons. The molecule has 124 valence electrons. The Morgan fingerprint density at radius 1 is 0.577 bits per heavy atom. The molecule has 0 unspecified atom stereocenters. The van der Waals surface area contributed by atoms with Crippen molar-refractivity contribution in [3.8, 4) is 22.3 Å². The monoisotopic (exact) mass is 354 g/mol. The van der Waals surface area contributed by atoms with Gasteiger partial charge in [-0.1, -0.05) is 78.3 Å². The summed E-state index contributed by atoms with van der Waals surface area (Å²) in [6, 6.07) is 30.9. The first-order chi connectivity index (χ1) is 12.8.